The highest BCUT2D eigenvalue weighted by Crippen LogP contribution is 2.36. The van der Waals surface area contributed by atoms with E-state index < -0.39 is 0 Å². The minimum Gasteiger partial charge on any atom is -0.357 e. The molecule has 0 radical (unpaired) electrons. The Balaban J connectivity index is 2.32. The number of hydrogen-bond donors (Lipinski definition) is 1. The van der Waals surface area contributed by atoms with Crippen LogP contribution in [0, 0.1) is 6.92 Å². The number of aromatic amines is 1. The third-order valence-electron chi connectivity index (χ3n) is 3.66. The lowest BCUT2D eigenvalue weighted by Crippen LogP contribution is -1.95. The van der Waals surface area contributed by atoms with Gasteiger partial charge >= 0.3 is 0 Å². The molecule has 0 spiro atoms. The number of aryl methyl sites for hydroxylation is 1. The van der Waals surface area contributed by atoms with Gasteiger partial charge in [0.15, 0.2) is 5.78 Å². The first-order valence-corrected chi connectivity index (χ1v) is 7.03. The van der Waals surface area contributed by atoms with Gasteiger partial charge in [-0.1, -0.05) is 60.7 Å². The minimum absolute atomic E-state index is 0.0878. The molecule has 3 rings (SSSR count). The third-order valence-corrected chi connectivity index (χ3v) is 3.66. The van der Waals surface area contributed by atoms with Crippen molar-refractivity contribution in [3.05, 3.63) is 71.9 Å². The van der Waals surface area contributed by atoms with Gasteiger partial charge in [-0.05, 0) is 25.0 Å². The first-order chi connectivity index (χ1) is 10.2. The topological polar surface area (TPSA) is 32.9 Å². The number of nitrogens with one attached hydrogen (secondary N) is 1. The van der Waals surface area contributed by atoms with E-state index in [1.54, 1.807) is 6.92 Å². The summed E-state index contributed by atoms with van der Waals surface area (Å²) in [5.41, 5.74) is 5.84. The highest BCUT2D eigenvalue weighted by molar-refractivity contribution is 6.05. The molecule has 104 valence electrons. The van der Waals surface area contributed by atoms with Crippen molar-refractivity contribution in [2.45, 2.75) is 13.8 Å². The lowest BCUT2D eigenvalue weighted by atomic mass is 9.95. The van der Waals surface area contributed by atoms with Gasteiger partial charge < -0.3 is 4.98 Å². The van der Waals surface area contributed by atoms with E-state index in [4.69, 9.17) is 0 Å². The van der Waals surface area contributed by atoms with E-state index in [-0.39, 0.29) is 5.78 Å². The molecule has 1 heterocycles. The zero-order valence-corrected chi connectivity index (χ0v) is 12.2. The summed E-state index contributed by atoms with van der Waals surface area (Å²) < 4.78 is 0. The molecule has 2 nitrogen and oxygen atoms in total. The molecule has 0 saturated heterocycles. The van der Waals surface area contributed by atoms with Crippen molar-refractivity contribution in [3.8, 4) is 22.4 Å². The molecule has 1 N–H and O–H groups in total. The van der Waals surface area contributed by atoms with Gasteiger partial charge in [-0.3, -0.25) is 4.79 Å². The average molecular weight is 275 g/mol. The zero-order chi connectivity index (χ0) is 14.8. The number of rotatable bonds is 3. The molecule has 0 aliphatic heterocycles. The standard InChI is InChI=1S/C19H17NO/c1-13-17(14(2)21)18(15-9-5-3-6-10-15)19(20-13)16-11-7-4-8-12-16/h3-12,20H,1-2H3. The van der Waals surface area contributed by atoms with Gasteiger partial charge in [0.2, 0.25) is 0 Å². The maximum Gasteiger partial charge on any atom is 0.162 e. The maximum absolute atomic E-state index is 12.1. The van der Waals surface area contributed by atoms with E-state index in [2.05, 4.69) is 17.1 Å². The molecule has 0 fully saturated rings. The molecule has 0 aliphatic rings. The van der Waals surface area contributed by atoms with Crippen LogP contribution in [0.15, 0.2) is 60.7 Å². The fraction of sp³-hybridized carbons (Fsp3) is 0.105. The molecule has 0 aliphatic carbocycles. The van der Waals surface area contributed by atoms with Gasteiger partial charge in [0.1, 0.15) is 0 Å². The number of ketones is 1. The van der Waals surface area contributed by atoms with Crippen LogP contribution in [0.3, 0.4) is 0 Å². The lowest BCUT2D eigenvalue weighted by Gasteiger charge is -2.07. The van der Waals surface area contributed by atoms with Crippen LogP contribution in [0.5, 0.6) is 0 Å². The van der Waals surface area contributed by atoms with E-state index in [1.807, 2.05) is 55.5 Å². The van der Waals surface area contributed by atoms with E-state index in [0.29, 0.717) is 0 Å². The minimum atomic E-state index is 0.0878. The van der Waals surface area contributed by atoms with Crippen LogP contribution < -0.4 is 0 Å². The summed E-state index contributed by atoms with van der Waals surface area (Å²) in [6.07, 6.45) is 0. The molecule has 21 heavy (non-hydrogen) atoms. The molecule has 3 aromatic rings. The normalized spacial score (nSPS) is 10.6. The fourth-order valence-electron chi connectivity index (χ4n) is 2.78. The Morgan fingerprint density at radius 2 is 1.38 bits per heavy atom. The average Bonchev–Trinajstić information content (AvgIpc) is 2.86. The first-order valence-electron chi connectivity index (χ1n) is 7.03. The second kappa shape index (κ2) is 5.41. The third kappa shape index (κ3) is 2.40. The van der Waals surface area contributed by atoms with E-state index in [0.717, 1.165) is 33.6 Å². The predicted octanol–water partition coefficient (Wildman–Crippen LogP) is 4.86. The Bertz CT molecular complexity index is 770. The molecule has 0 saturated carbocycles. The fourth-order valence-corrected chi connectivity index (χ4v) is 2.78. The Kier molecular flexibility index (Phi) is 3.44. The number of carbonyl (C=O) groups excluding carboxylic acids is 1. The summed E-state index contributed by atoms with van der Waals surface area (Å²) in [5.74, 6) is 0.0878. The first kappa shape index (κ1) is 13.4. The predicted molar refractivity (Wildman–Crippen MR) is 86.4 cm³/mol. The maximum atomic E-state index is 12.1. The van der Waals surface area contributed by atoms with Crippen LogP contribution in [0.2, 0.25) is 0 Å². The highest BCUT2D eigenvalue weighted by atomic mass is 16.1. The number of H-pyrrole nitrogens is 1. The summed E-state index contributed by atoms with van der Waals surface area (Å²) in [5, 5.41) is 0. The molecular formula is C19H17NO. The van der Waals surface area contributed by atoms with E-state index in [1.165, 1.54) is 0 Å². The molecule has 0 unspecified atom stereocenters. The van der Waals surface area contributed by atoms with Crippen molar-refractivity contribution in [1.82, 2.24) is 4.98 Å². The van der Waals surface area contributed by atoms with E-state index >= 15 is 0 Å². The molecule has 2 heteroatoms. The molecule has 0 amide bonds. The van der Waals surface area contributed by atoms with Gasteiger partial charge in [-0.15, -0.1) is 0 Å². The largest absolute Gasteiger partial charge is 0.357 e. The molecule has 0 atom stereocenters. The summed E-state index contributed by atoms with van der Waals surface area (Å²) >= 11 is 0. The van der Waals surface area contributed by atoms with Crippen LogP contribution >= 0.6 is 0 Å². The molecular weight excluding hydrogens is 258 g/mol. The van der Waals surface area contributed by atoms with Crippen molar-refractivity contribution < 1.29 is 4.79 Å². The van der Waals surface area contributed by atoms with Gasteiger partial charge in [0.25, 0.3) is 0 Å². The van der Waals surface area contributed by atoms with Crippen LogP contribution in [0.1, 0.15) is 23.0 Å². The van der Waals surface area contributed by atoms with Gasteiger partial charge in [0, 0.05) is 16.8 Å². The monoisotopic (exact) mass is 275 g/mol. The van der Waals surface area contributed by atoms with Crippen molar-refractivity contribution in [2.75, 3.05) is 0 Å². The molecule has 2 aromatic carbocycles. The van der Waals surface area contributed by atoms with Crippen molar-refractivity contribution >= 4 is 5.78 Å². The number of carbonyl (C=O) groups is 1. The summed E-state index contributed by atoms with van der Waals surface area (Å²) in [6, 6.07) is 20.2. The number of hydrogen-bond acceptors (Lipinski definition) is 1. The van der Waals surface area contributed by atoms with Crippen LogP contribution in [0.25, 0.3) is 22.4 Å². The number of Topliss-reactive ketones (excluding diaryl/α,β-unsaturated/α-hetero) is 1. The van der Waals surface area contributed by atoms with Crippen LogP contribution in [-0.4, -0.2) is 10.8 Å². The van der Waals surface area contributed by atoms with Gasteiger partial charge in [-0.2, -0.15) is 0 Å². The molecule has 0 bridgehead atoms. The lowest BCUT2D eigenvalue weighted by molar-refractivity contribution is 0.101. The Morgan fingerprint density at radius 3 is 1.90 bits per heavy atom. The summed E-state index contributed by atoms with van der Waals surface area (Å²) in [6.45, 7) is 3.58. The molecule has 1 aromatic heterocycles. The van der Waals surface area contributed by atoms with Crippen molar-refractivity contribution in [2.24, 2.45) is 0 Å². The van der Waals surface area contributed by atoms with Crippen LogP contribution in [0.4, 0.5) is 0 Å². The second-order valence-electron chi connectivity index (χ2n) is 5.16. The van der Waals surface area contributed by atoms with Gasteiger partial charge in [-0.25, -0.2) is 0 Å². The zero-order valence-electron chi connectivity index (χ0n) is 12.2. The van der Waals surface area contributed by atoms with Crippen LogP contribution in [-0.2, 0) is 0 Å². The summed E-state index contributed by atoms with van der Waals surface area (Å²) in [7, 11) is 0. The van der Waals surface area contributed by atoms with Crippen molar-refractivity contribution in [1.29, 1.82) is 0 Å². The summed E-state index contributed by atoms with van der Waals surface area (Å²) in [4.78, 5) is 15.5. The second-order valence-corrected chi connectivity index (χ2v) is 5.16. The Hall–Kier alpha value is -2.61. The van der Waals surface area contributed by atoms with Gasteiger partial charge in [0.05, 0.1) is 5.69 Å². The van der Waals surface area contributed by atoms with E-state index in [9.17, 15) is 4.79 Å². The Morgan fingerprint density at radius 1 is 0.857 bits per heavy atom. The Labute approximate surface area is 124 Å². The van der Waals surface area contributed by atoms with Crippen molar-refractivity contribution in [3.63, 3.8) is 0 Å². The SMILES string of the molecule is CC(=O)c1c(C)[nH]c(-c2ccccc2)c1-c1ccccc1. The number of benzene rings is 2. The smallest absolute Gasteiger partial charge is 0.162 e. The quantitative estimate of drug-likeness (QED) is 0.680. The highest BCUT2D eigenvalue weighted by Gasteiger charge is 2.20. The number of aromatic nitrogens is 1.